The lowest BCUT2D eigenvalue weighted by Crippen LogP contribution is -2.44. The van der Waals surface area contributed by atoms with Gasteiger partial charge >= 0.3 is 0 Å². The van der Waals surface area contributed by atoms with Crippen LogP contribution in [-0.2, 0) is 16.4 Å². The summed E-state index contributed by atoms with van der Waals surface area (Å²) in [6.45, 7) is 11.8. The molecule has 1 aromatic carbocycles. The van der Waals surface area contributed by atoms with Gasteiger partial charge in [-0.1, -0.05) is 19.1 Å². The van der Waals surface area contributed by atoms with Gasteiger partial charge in [0.05, 0.1) is 11.4 Å². The fourth-order valence-electron chi connectivity index (χ4n) is 3.58. The molecule has 0 saturated carbocycles. The normalized spacial score (nSPS) is 18.4. The highest BCUT2D eigenvalue weighted by atomic mass is 127. The van der Waals surface area contributed by atoms with Crippen molar-refractivity contribution in [3.8, 4) is 0 Å². The minimum Gasteiger partial charge on any atom is -0.357 e. The summed E-state index contributed by atoms with van der Waals surface area (Å²) in [6.07, 6.45) is 3.76. The number of halogens is 1. The van der Waals surface area contributed by atoms with Crippen molar-refractivity contribution < 1.29 is 8.42 Å². The van der Waals surface area contributed by atoms with Gasteiger partial charge in [0.1, 0.15) is 0 Å². The third-order valence-electron chi connectivity index (χ3n) is 5.01. The number of sulfone groups is 1. The molecular weight excluding hydrogens is 487 g/mol. The molecule has 1 fully saturated rings. The van der Waals surface area contributed by atoms with E-state index in [1.54, 1.807) is 6.07 Å². The van der Waals surface area contributed by atoms with Crippen LogP contribution in [-0.4, -0.2) is 58.3 Å². The Morgan fingerprint density at radius 2 is 2.04 bits per heavy atom. The molecule has 0 radical (unpaired) electrons. The van der Waals surface area contributed by atoms with Crippen LogP contribution in [0.2, 0.25) is 0 Å². The number of likely N-dealkylation sites (tertiary alicyclic amines) is 1. The average Bonchev–Trinajstić information content (AvgIpc) is 2.63. The monoisotopic (exact) mass is 522 g/mol. The van der Waals surface area contributed by atoms with Crippen LogP contribution in [0.1, 0.15) is 37.8 Å². The predicted octanol–water partition coefficient (Wildman–Crippen LogP) is 2.80. The number of nitrogens with one attached hydrogen (secondary N) is 2. The van der Waals surface area contributed by atoms with Crippen LogP contribution in [0.15, 0.2) is 28.1 Å². The second-order valence-electron chi connectivity index (χ2n) is 7.35. The summed E-state index contributed by atoms with van der Waals surface area (Å²) < 4.78 is 23.5. The Bertz CT molecular complexity index is 753. The summed E-state index contributed by atoms with van der Waals surface area (Å²) in [7, 11) is -3.18. The van der Waals surface area contributed by atoms with Gasteiger partial charge in [-0.05, 0) is 62.9 Å². The van der Waals surface area contributed by atoms with E-state index in [1.165, 1.54) is 25.6 Å². The number of benzene rings is 1. The van der Waals surface area contributed by atoms with Gasteiger partial charge in [-0.2, -0.15) is 0 Å². The van der Waals surface area contributed by atoms with Gasteiger partial charge in [0.15, 0.2) is 15.8 Å². The van der Waals surface area contributed by atoms with Gasteiger partial charge in [-0.3, -0.25) is 0 Å². The van der Waals surface area contributed by atoms with E-state index in [2.05, 4.69) is 34.4 Å². The number of nitrogens with zero attached hydrogens (tertiary/aromatic N) is 2. The molecule has 1 aliphatic rings. The molecule has 28 heavy (non-hydrogen) atoms. The van der Waals surface area contributed by atoms with Gasteiger partial charge in [-0.25, -0.2) is 13.4 Å². The molecule has 6 nitrogen and oxygen atoms in total. The molecule has 2 N–H and O–H groups in total. The number of rotatable bonds is 7. The highest BCUT2D eigenvalue weighted by Crippen LogP contribution is 2.17. The van der Waals surface area contributed by atoms with Crippen LogP contribution in [0.5, 0.6) is 0 Å². The first-order chi connectivity index (χ1) is 12.8. The number of hydrogen-bond donors (Lipinski definition) is 2. The minimum absolute atomic E-state index is 0. The molecule has 1 aliphatic heterocycles. The first-order valence-electron chi connectivity index (χ1n) is 9.87. The zero-order chi connectivity index (χ0) is 19.9. The molecule has 0 bridgehead atoms. The molecule has 160 valence electrons. The summed E-state index contributed by atoms with van der Waals surface area (Å²) in [5.74, 6) is 1.47. The first-order valence-corrected chi connectivity index (χ1v) is 11.8. The highest BCUT2D eigenvalue weighted by Gasteiger charge is 2.18. The highest BCUT2D eigenvalue weighted by molar-refractivity contribution is 14.0. The molecule has 1 unspecified atom stereocenters. The maximum atomic E-state index is 11.7. The summed E-state index contributed by atoms with van der Waals surface area (Å²) in [6, 6.07) is 5.43. The fraction of sp³-hybridized carbons (Fsp3) is 0.650. The third kappa shape index (κ3) is 7.87. The predicted molar refractivity (Wildman–Crippen MR) is 127 cm³/mol. The Kier molecular flexibility index (Phi) is 10.8. The molecular formula is C20H35IN4O2S. The van der Waals surface area contributed by atoms with Crippen molar-refractivity contribution in [2.45, 2.75) is 45.1 Å². The topological polar surface area (TPSA) is 73.8 Å². The molecule has 1 saturated heterocycles. The van der Waals surface area contributed by atoms with Crippen molar-refractivity contribution in [2.24, 2.45) is 10.9 Å². The van der Waals surface area contributed by atoms with Gasteiger partial charge in [-0.15, -0.1) is 24.0 Å². The van der Waals surface area contributed by atoms with Gasteiger partial charge in [0.2, 0.25) is 0 Å². The molecule has 1 heterocycles. The van der Waals surface area contributed by atoms with E-state index in [0.29, 0.717) is 17.4 Å². The molecule has 8 heteroatoms. The Balaban J connectivity index is 0.00000392. The molecule has 0 aliphatic carbocycles. The van der Waals surface area contributed by atoms with Crippen LogP contribution in [0.4, 0.5) is 0 Å². The van der Waals surface area contributed by atoms with E-state index in [0.717, 1.165) is 43.3 Å². The van der Waals surface area contributed by atoms with Crippen molar-refractivity contribution in [3.05, 3.63) is 29.3 Å². The van der Waals surface area contributed by atoms with E-state index in [4.69, 9.17) is 0 Å². The van der Waals surface area contributed by atoms with Crippen molar-refractivity contribution in [2.75, 3.05) is 39.0 Å². The Morgan fingerprint density at radius 1 is 1.29 bits per heavy atom. The molecule has 1 aromatic rings. The van der Waals surface area contributed by atoms with Gasteiger partial charge in [0.25, 0.3) is 0 Å². The maximum absolute atomic E-state index is 11.7. The van der Waals surface area contributed by atoms with Gasteiger partial charge in [0, 0.05) is 25.9 Å². The standard InChI is InChI=1S/C20H34N4O2S.HI/c1-5-21-20(23-14-18-8-7-11-24(6-2)15-18)22-13-17-9-10-19(16(3)12-17)27(4,25)26;/h9-10,12,18H,5-8,11,13-15H2,1-4H3,(H2,21,22,23);1H. The molecule has 2 rings (SSSR count). The van der Waals surface area contributed by atoms with E-state index in [-0.39, 0.29) is 24.0 Å². The number of aliphatic imine (C=N–C) groups is 1. The second kappa shape index (κ2) is 12.0. The lowest BCUT2D eigenvalue weighted by Gasteiger charge is -2.32. The lowest BCUT2D eigenvalue weighted by molar-refractivity contribution is 0.183. The average molecular weight is 522 g/mol. The molecule has 0 spiro atoms. The van der Waals surface area contributed by atoms with Crippen LogP contribution in [0.25, 0.3) is 0 Å². The SMILES string of the molecule is CCNC(=NCc1ccc(S(C)(=O)=O)c(C)c1)NCC1CCCN(CC)C1.I. The quantitative estimate of drug-likeness (QED) is 0.328. The van der Waals surface area contributed by atoms with Crippen LogP contribution < -0.4 is 10.6 Å². The molecule has 0 amide bonds. The lowest BCUT2D eigenvalue weighted by atomic mass is 9.98. The van der Waals surface area contributed by atoms with Crippen molar-refractivity contribution >= 4 is 39.8 Å². The number of hydrogen-bond acceptors (Lipinski definition) is 4. The summed E-state index contributed by atoms with van der Waals surface area (Å²) in [5, 5.41) is 6.77. The number of piperidine rings is 1. The maximum Gasteiger partial charge on any atom is 0.191 e. The summed E-state index contributed by atoms with van der Waals surface area (Å²) in [4.78, 5) is 7.56. The number of aryl methyl sites for hydroxylation is 1. The minimum atomic E-state index is -3.18. The Labute approximate surface area is 187 Å². The van der Waals surface area contributed by atoms with E-state index >= 15 is 0 Å². The summed E-state index contributed by atoms with van der Waals surface area (Å²) in [5.41, 5.74) is 1.77. The Hall–Kier alpha value is -0.870. The van der Waals surface area contributed by atoms with Crippen molar-refractivity contribution in [3.63, 3.8) is 0 Å². The smallest absolute Gasteiger partial charge is 0.191 e. The van der Waals surface area contributed by atoms with Crippen LogP contribution in [0, 0.1) is 12.8 Å². The van der Waals surface area contributed by atoms with Crippen molar-refractivity contribution in [1.29, 1.82) is 0 Å². The molecule has 0 aromatic heterocycles. The number of guanidine groups is 1. The van der Waals surface area contributed by atoms with Crippen LogP contribution >= 0.6 is 24.0 Å². The third-order valence-corrected chi connectivity index (χ3v) is 6.27. The fourth-order valence-corrected chi connectivity index (χ4v) is 4.54. The summed E-state index contributed by atoms with van der Waals surface area (Å²) >= 11 is 0. The largest absolute Gasteiger partial charge is 0.357 e. The van der Waals surface area contributed by atoms with Crippen molar-refractivity contribution in [1.82, 2.24) is 15.5 Å². The second-order valence-corrected chi connectivity index (χ2v) is 9.33. The first kappa shape index (κ1) is 25.2. The van der Waals surface area contributed by atoms with E-state index in [9.17, 15) is 8.42 Å². The van der Waals surface area contributed by atoms with E-state index < -0.39 is 9.84 Å². The zero-order valence-electron chi connectivity index (χ0n) is 17.5. The Morgan fingerprint density at radius 3 is 2.64 bits per heavy atom. The van der Waals surface area contributed by atoms with Crippen LogP contribution in [0.3, 0.4) is 0 Å². The van der Waals surface area contributed by atoms with E-state index in [1.807, 2.05) is 19.1 Å². The van der Waals surface area contributed by atoms with Gasteiger partial charge < -0.3 is 15.5 Å². The molecule has 1 atom stereocenters. The zero-order valence-corrected chi connectivity index (χ0v) is 20.6.